The molecule has 12 nitrogen and oxygen atoms in total. The molecule has 0 aliphatic rings. The largest absolute Gasteiger partial charge is 0.514 e. The minimum atomic E-state index is -1.10. The van der Waals surface area contributed by atoms with Crippen molar-refractivity contribution in [2.75, 3.05) is 6.61 Å². The molecule has 5 atom stereocenters. The topological polar surface area (TPSA) is 159 Å². The van der Waals surface area contributed by atoms with Crippen LogP contribution in [0.2, 0.25) is 0 Å². The number of ether oxygens (including phenoxy) is 7. The summed E-state index contributed by atoms with van der Waals surface area (Å²) in [5.74, 6) is -0.824. The number of carbonyl (C=O) groups is 4. The molecule has 0 saturated carbocycles. The van der Waals surface area contributed by atoms with Crippen LogP contribution in [0, 0.1) is 5.92 Å². The fourth-order valence-electron chi connectivity index (χ4n) is 2.73. The van der Waals surface area contributed by atoms with Crippen LogP contribution in [0.1, 0.15) is 73.8 Å². The summed E-state index contributed by atoms with van der Waals surface area (Å²) in [6.45, 7) is 14.0. The van der Waals surface area contributed by atoms with E-state index >= 15 is 0 Å². The summed E-state index contributed by atoms with van der Waals surface area (Å²) >= 11 is 0. The van der Waals surface area contributed by atoms with Crippen molar-refractivity contribution in [1.29, 1.82) is 0 Å². The van der Waals surface area contributed by atoms with Gasteiger partial charge in [-0.15, -0.1) is 0 Å². The van der Waals surface area contributed by atoms with E-state index < -0.39 is 42.7 Å². The van der Waals surface area contributed by atoms with Gasteiger partial charge in [0.15, 0.2) is 11.5 Å². The Kier molecular flexibility index (Phi) is 14.8. The van der Waals surface area contributed by atoms with Gasteiger partial charge >= 0.3 is 24.4 Å². The Morgan fingerprint density at radius 1 is 0.725 bits per heavy atom. The molecule has 0 heterocycles. The molecule has 0 amide bonds. The molecule has 3 unspecified atom stereocenters. The first-order valence-corrected chi connectivity index (χ1v) is 13.4. The maximum atomic E-state index is 12.5. The number of benzene rings is 1. The van der Waals surface area contributed by atoms with Crippen LogP contribution in [0.5, 0.6) is 11.5 Å². The highest BCUT2D eigenvalue weighted by Crippen LogP contribution is 2.30. The summed E-state index contributed by atoms with van der Waals surface area (Å²) < 4.78 is 36.1. The molecule has 0 aliphatic heterocycles. The van der Waals surface area contributed by atoms with Crippen molar-refractivity contribution < 1.29 is 52.3 Å². The minimum Gasteiger partial charge on any atom is -0.458 e. The van der Waals surface area contributed by atoms with Crippen molar-refractivity contribution in [2.24, 2.45) is 11.7 Å². The average molecular weight is 570 g/mol. The molecule has 2 N–H and O–H groups in total. The maximum Gasteiger partial charge on any atom is 0.514 e. The Hall–Kier alpha value is -3.54. The van der Waals surface area contributed by atoms with E-state index in [1.165, 1.54) is 12.1 Å². The van der Waals surface area contributed by atoms with E-state index in [0.29, 0.717) is 18.4 Å². The molecule has 12 heteroatoms. The van der Waals surface area contributed by atoms with E-state index in [1.54, 1.807) is 33.8 Å². The van der Waals surface area contributed by atoms with Gasteiger partial charge < -0.3 is 38.9 Å². The first-order chi connectivity index (χ1) is 18.7. The number of esters is 1. The van der Waals surface area contributed by atoms with Crippen LogP contribution in [-0.2, 0) is 34.9 Å². The van der Waals surface area contributed by atoms with Crippen molar-refractivity contribution in [3.8, 4) is 11.5 Å². The zero-order valence-corrected chi connectivity index (χ0v) is 24.6. The summed E-state index contributed by atoms with van der Waals surface area (Å²) in [6, 6.07) is 3.23. The molecule has 0 radical (unpaired) electrons. The number of nitrogens with two attached hydrogens (primary N) is 1. The molecule has 1 rings (SSSR count). The number of hydrogen-bond acceptors (Lipinski definition) is 12. The van der Waals surface area contributed by atoms with Gasteiger partial charge in [-0.3, -0.25) is 4.79 Å². The second kappa shape index (κ2) is 17.2. The highest BCUT2D eigenvalue weighted by atomic mass is 16.8. The lowest BCUT2D eigenvalue weighted by Crippen LogP contribution is -2.37. The Balaban J connectivity index is 2.86. The van der Waals surface area contributed by atoms with Crippen LogP contribution in [0.3, 0.4) is 0 Å². The summed E-state index contributed by atoms with van der Waals surface area (Å²) in [7, 11) is 0. The SMILES string of the molecule is CCC(C)OC(=O)Oc1ccc(C[C@H](N)C(=O)O[C@@H](C)COC(=O)OC(C)C(C)C)cc1OC(=O)OC(C)CC. The van der Waals surface area contributed by atoms with E-state index in [-0.39, 0.29) is 42.7 Å². The third kappa shape index (κ3) is 13.0. The molecule has 0 spiro atoms. The number of carbonyl (C=O) groups excluding carboxylic acids is 4. The van der Waals surface area contributed by atoms with E-state index in [4.69, 9.17) is 38.9 Å². The quantitative estimate of drug-likeness (QED) is 0.175. The molecular weight excluding hydrogens is 526 g/mol. The van der Waals surface area contributed by atoms with Crippen LogP contribution < -0.4 is 15.2 Å². The highest BCUT2D eigenvalue weighted by molar-refractivity contribution is 5.76. The van der Waals surface area contributed by atoms with Gasteiger partial charge in [0.2, 0.25) is 0 Å². The predicted molar refractivity (Wildman–Crippen MR) is 144 cm³/mol. The molecule has 1 aromatic carbocycles. The van der Waals surface area contributed by atoms with Gasteiger partial charge in [0, 0.05) is 0 Å². The van der Waals surface area contributed by atoms with Gasteiger partial charge in [0.05, 0.1) is 0 Å². The van der Waals surface area contributed by atoms with Gasteiger partial charge in [-0.1, -0.05) is 33.8 Å². The van der Waals surface area contributed by atoms with Crippen molar-refractivity contribution >= 4 is 24.4 Å². The third-order valence-corrected chi connectivity index (χ3v) is 5.87. The Morgan fingerprint density at radius 2 is 1.27 bits per heavy atom. The summed E-state index contributed by atoms with van der Waals surface area (Å²) in [6.07, 6.45) is -3.56. The second-order valence-electron chi connectivity index (χ2n) is 9.84. The van der Waals surface area contributed by atoms with Gasteiger partial charge in [-0.2, -0.15) is 0 Å². The third-order valence-electron chi connectivity index (χ3n) is 5.87. The first kappa shape index (κ1) is 34.5. The zero-order chi connectivity index (χ0) is 30.4. The summed E-state index contributed by atoms with van der Waals surface area (Å²) in [5, 5.41) is 0. The molecule has 0 bridgehead atoms. The maximum absolute atomic E-state index is 12.5. The molecular formula is C28H43NO11. The summed E-state index contributed by atoms with van der Waals surface area (Å²) in [4.78, 5) is 48.7. The van der Waals surface area contributed by atoms with Crippen molar-refractivity contribution in [3.05, 3.63) is 23.8 Å². The Bertz CT molecular complexity index is 981. The monoisotopic (exact) mass is 569 g/mol. The van der Waals surface area contributed by atoms with Gasteiger partial charge in [-0.05, 0) is 70.6 Å². The molecule has 0 fully saturated rings. The summed E-state index contributed by atoms with van der Waals surface area (Å²) in [5.41, 5.74) is 6.51. The minimum absolute atomic E-state index is 0.00524. The molecule has 0 aromatic heterocycles. The molecule has 0 saturated heterocycles. The van der Waals surface area contributed by atoms with Crippen molar-refractivity contribution in [1.82, 2.24) is 0 Å². The van der Waals surface area contributed by atoms with E-state index in [0.717, 1.165) is 0 Å². The van der Waals surface area contributed by atoms with Gasteiger partial charge in [-0.25, -0.2) is 14.4 Å². The first-order valence-electron chi connectivity index (χ1n) is 13.4. The van der Waals surface area contributed by atoms with E-state index in [2.05, 4.69) is 0 Å². The molecule has 1 aromatic rings. The van der Waals surface area contributed by atoms with Crippen molar-refractivity contribution in [3.63, 3.8) is 0 Å². The number of rotatable bonds is 14. The molecule has 226 valence electrons. The lowest BCUT2D eigenvalue weighted by atomic mass is 10.1. The van der Waals surface area contributed by atoms with Crippen LogP contribution in [-0.4, -0.2) is 61.5 Å². The van der Waals surface area contributed by atoms with E-state index in [1.807, 2.05) is 27.7 Å². The average Bonchev–Trinajstić information content (AvgIpc) is 2.88. The van der Waals surface area contributed by atoms with Crippen LogP contribution in [0.25, 0.3) is 0 Å². The normalized spacial score (nSPS) is 14.7. The highest BCUT2D eigenvalue weighted by Gasteiger charge is 2.23. The van der Waals surface area contributed by atoms with Gasteiger partial charge in [0.25, 0.3) is 0 Å². The predicted octanol–water partition coefficient (Wildman–Crippen LogP) is 5.31. The van der Waals surface area contributed by atoms with E-state index in [9.17, 15) is 19.2 Å². The molecule has 40 heavy (non-hydrogen) atoms. The lowest BCUT2D eigenvalue weighted by molar-refractivity contribution is -0.152. The number of hydrogen-bond donors (Lipinski definition) is 1. The van der Waals surface area contributed by atoms with Crippen LogP contribution in [0.15, 0.2) is 18.2 Å². The molecule has 0 aliphatic carbocycles. The van der Waals surface area contributed by atoms with Crippen LogP contribution >= 0.6 is 0 Å². The van der Waals surface area contributed by atoms with Gasteiger partial charge in [0.1, 0.15) is 37.1 Å². The zero-order valence-electron chi connectivity index (χ0n) is 24.6. The van der Waals surface area contributed by atoms with Crippen LogP contribution in [0.4, 0.5) is 14.4 Å². The lowest BCUT2D eigenvalue weighted by Gasteiger charge is -2.19. The standard InChI is InChI=1S/C28H43NO11/c1-9-17(5)36-27(32)39-23-12-11-21(14-24(23)40-28(33)37-18(6)10-2)13-22(29)25(30)35-19(7)15-34-26(31)38-20(8)16(3)4/h11-12,14,16-20,22H,9-10,13,15,29H2,1-8H3/t17?,18?,19-,20?,22-/m0/s1. The fourth-order valence-corrected chi connectivity index (χ4v) is 2.73. The Morgan fingerprint density at radius 3 is 1.80 bits per heavy atom. The fraction of sp³-hybridized carbons (Fsp3) is 0.643. The smallest absolute Gasteiger partial charge is 0.458 e. The Labute approximate surface area is 235 Å². The second-order valence-corrected chi connectivity index (χ2v) is 9.84. The van der Waals surface area contributed by atoms with Crippen molar-refractivity contribution in [2.45, 2.75) is 105 Å².